The second kappa shape index (κ2) is 9.26. The second-order valence-electron chi connectivity index (χ2n) is 9.83. The first-order valence-electron chi connectivity index (χ1n) is 12.8. The molecule has 0 aliphatic carbocycles. The van der Waals surface area contributed by atoms with Crippen molar-refractivity contribution in [2.24, 2.45) is 0 Å². The summed E-state index contributed by atoms with van der Waals surface area (Å²) in [5.74, 6) is 0. The molecule has 4 aromatic rings. The smallest absolute Gasteiger partial charge is 0.310 e. The highest BCUT2D eigenvalue weighted by atomic mass is 32.1. The molecule has 1 atom stereocenters. The van der Waals surface area contributed by atoms with Gasteiger partial charge in [-0.15, -0.1) is 11.3 Å². The Kier molecular flexibility index (Phi) is 5.94. The maximum Gasteiger partial charge on any atom is 0.322 e. The van der Waals surface area contributed by atoms with E-state index in [1.165, 1.54) is 26.6 Å². The van der Waals surface area contributed by atoms with E-state index in [0.29, 0.717) is 6.54 Å². The van der Waals surface area contributed by atoms with Gasteiger partial charge in [0.25, 0.3) is 0 Å². The van der Waals surface area contributed by atoms with Crippen molar-refractivity contribution in [3.05, 3.63) is 105 Å². The SMILES string of the molecule is CCN1CCc2c(sc3c2CN(C(=O)Nc2cccc(C)c2C)C(c2ccccc2)c2cccn2-3)C1. The summed E-state index contributed by atoms with van der Waals surface area (Å²) in [5, 5.41) is 4.53. The molecule has 1 unspecified atom stereocenters. The first-order chi connectivity index (χ1) is 17.5. The summed E-state index contributed by atoms with van der Waals surface area (Å²) < 4.78 is 2.33. The summed E-state index contributed by atoms with van der Waals surface area (Å²) in [6.45, 7) is 10.1. The maximum absolute atomic E-state index is 14.1. The summed E-state index contributed by atoms with van der Waals surface area (Å²) in [4.78, 5) is 20.1. The van der Waals surface area contributed by atoms with Crippen molar-refractivity contribution in [3.63, 3.8) is 0 Å². The van der Waals surface area contributed by atoms with Crippen LogP contribution in [-0.2, 0) is 19.5 Å². The number of urea groups is 1. The molecule has 2 aromatic heterocycles. The molecule has 0 saturated carbocycles. The number of anilines is 1. The molecule has 184 valence electrons. The summed E-state index contributed by atoms with van der Waals surface area (Å²) in [6, 6.07) is 20.5. The van der Waals surface area contributed by atoms with E-state index in [1.807, 2.05) is 34.4 Å². The maximum atomic E-state index is 14.1. The molecular weight excluding hydrogens is 464 g/mol. The van der Waals surface area contributed by atoms with Crippen LogP contribution in [0.5, 0.6) is 0 Å². The third-order valence-corrected chi connectivity index (χ3v) is 9.07. The van der Waals surface area contributed by atoms with Gasteiger partial charge in [-0.2, -0.15) is 0 Å². The highest BCUT2D eigenvalue weighted by Gasteiger charge is 2.36. The van der Waals surface area contributed by atoms with E-state index < -0.39 is 0 Å². The van der Waals surface area contributed by atoms with Crippen LogP contribution in [0.15, 0.2) is 66.9 Å². The summed E-state index contributed by atoms with van der Waals surface area (Å²) >= 11 is 1.90. The molecule has 0 radical (unpaired) electrons. The van der Waals surface area contributed by atoms with Gasteiger partial charge in [0.2, 0.25) is 0 Å². The molecule has 0 bridgehead atoms. The van der Waals surface area contributed by atoms with Gasteiger partial charge in [0.15, 0.2) is 0 Å². The number of rotatable bonds is 3. The number of amides is 2. The van der Waals surface area contributed by atoms with Gasteiger partial charge in [-0.1, -0.05) is 49.4 Å². The summed E-state index contributed by atoms with van der Waals surface area (Å²) in [6.07, 6.45) is 3.20. The van der Waals surface area contributed by atoms with Crippen molar-refractivity contribution < 1.29 is 4.79 Å². The van der Waals surface area contributed by atoms with E-state index in [2.05, 4.69) is 84.2 Å². The average Bonchev–Trinajstić information content (AvgIpc) is 3.48. The Morgan fingerprint density at radius 1 is 1.00 bits per heavy atom. The van der Waals surface area contributed by atoms with E-state index in [4.69, 9.17) is 0 Å². The van der Waals surface area contributed by atoms with Crippen molar-refractivity contribution in [1.82, 2.24) is 14.4 Å². The molecule has 1 N–H and O–H groups in total. The minimum atomic E-state index is -0.183. The van der Waals surface area contributed by atoms with Gasteiger partial charge in [-0.05, 0) is 67.3 Å². The molecule has 5 nitrogen and oxygen atoms in total. The predicted molar refractivity (Wildman–Crippen MR) is 147 cm³/mol. The largest absolute Gasteiger partial charge is 0.322 e. The van der Waals surface area contributed by atoms with Crippen molar-refractivity contribution in [2.45, 2.75) is 46.3 Å². The lowest BCUT2D eigenvalue weighted by Crippen LogP contribution is -2.38. The van der Waals surface area contributed by atoms with Gasteiger partial charge in [-0.3, -0.25) is 4.90 Å². The van der Waals surface area contributed by atoms with Crippen molar-refractivity contribution in [3.8, 4) is 5.00 Å². The van der Waals surface area contributed by atoms with Crippen LogP contribution in [-0.4, -0.2) is 33.5 Å². The minimum absolute atomic E-state index is 0.0657. The number of benzene rings is 2. The number of carbonyl (C=O) groups excluding carboxylic acids is 1. The minimum Gasteiger partial charge on any atom is -0.310 e. The molecule has 2 aliphatic rings. The van der Waals surface area contributed by atoms with Crippen LogP contribution in [0.3, 0.4) is 0 Å². The van der Waals surface area contributed by atoms with Gasteiger partial charge in [0, 0.05) is 35.4 Å². The van der Waals surface area contributed by atoms with Crippen LogP contribution in [0, 0.1) is 13.8 Å². The molecule has 2 aliphatic heterocycles. The number of hydrogen-bond acceptors (Lipinski definition) is 3. The van der Waals surface area contributed by atoms with Crippen LogP contribution >= 0.6 is 11.3 Å². The fraction of sp³-hybridized carbons (Fsp3) is 0.300. The summed E-state index contributed by atoms with van der Waals surface area (Å²) in [5.41, 5.74) is 8.14. The Labute approximate surface area is 217 Å². The van der Waals surface area contributed by atoms with Crippen LogP contribution in [0.4, 0.5) is 10.5 Å². The normalized spacial score (nSPS) is 17.2. The van der Waals surface area contributed by atoms with Crippen molar-refractivity contribution >= 4 is 23.1 Å². The number of aryl methyl sites for hydroxylation is 1. The Morgan fingerprint density at radius 3 is 2.64 bits per heavy atom. The van der Waals surface area contributed by atoms with E-state index in [0.717, 1.165) is 48.6 Å². The van der Waals surface area contributed by atoms with Crippen LogP contribution in [0.1, 0.15) is 51.4 Å². The average molecular weight is 497 g/mol. The molecular formula is C30H32N4OS. The zero-order chi connectivity index (χ0) is 24.8. The zero-order valence-electron chi connectivity index (χ0n) is 21.1. The topological polar surface area (TPSA) is 40.5 Å². The van der Waals surface area contributed by atoms with E-state index in [-0.39, 0.29) is 12.1 Å². The number of likely N-dealkylation sites (N-methyl/N-ethyl adjacent to an activating group) is 1. The number of nitrogens with one attached hydrogen (secondary N) is 1. The molecule has 36 heavy (non-hydrogen) atoms. The molecule has 2 amide bonds. The monoisotopic (exact) mass is 496 g/mol. The fourth-order valence-electron chi connectivity index (χ4n) is 5.61. The van der Waals surface area contributed by atoms with Crippen LogP contribution < -0.4 is 5.32 Å². The Morgan fingerprint density at radius 2 is 1.83 bits per heavy atom. The molecule has 6 heteroatoms. The lowest BCUT2D eigenvalue weighted by Gasteiger charge is -2.32. The number of carbonyl (C=O) groups is 1. The van der Waals surface area contributed by atoms with E-state index in [1.54, 1.807) is 0 Å². The van der Waals surface area contributed by atoms with Gasteiger partial charge >= 0.3 is 6.03 Å². The molecule has 0 saturated heterocycles. The molecule has 2 aromatic carbocycles. The van der Waals surface area contributed by atoms with Crippen molar-refractivity contribution in [2.75, 3.05) is 18.4 Å². The van der Waals surface area contributed by atoms with Gasteiger partial charge in [0.05, 0.1) is 18.3 Å². The lowest BCUT2D eigenvalue weighted by atomic mass is 10.00. The highest BCUT2D eigenvalue weighted by molar-refractivity contribution is 7.15. The van der Waals surface area contributed by atoms with E-state index >= 15 is 0 Å². The Bertz CT molecular complexity index is 1420. The van der Waals surface area contributed by atoms with Gasteiger partial charge in [0.1, 0.15) is 5.00 Å². The predicted octanol–water partition coefficient (Wildman–Crippen LogP) is 6.67. The fourth-order valence-corrected chi connectivity index (χ4v) is 7.01. The number of fused-ring (bicyclic) bond motifs is 5. The number of nitrogens with zero attached hydrogens (tertiary/aromatic N) is 3. The van der Waals surface area contributed by atoms with Gasteiger partial charge < -0.3 is 14.8 Å². The first kappa shape index (κ1) is 23.1. The molecule has 4 heterocycles. The van der Waals surface area contributed by atoms with Gasteiger partial charge in [-0.25, -0.2) is 4.79 Å². The lowest BCUT2D eigenvalue weighted by molar-refractivity contribution is 0.194. The zero-order valence-corrected chi connectivity index (χ0v) is 21.9. The molecule has 0 spiro atoms. The number of aromatic nitrogens is 1. The number of thiophene rings is 1. The van der Waals surface area contributed by atoms with E-state index in [9.17, 15) is 4.79 Å². The quantitative estimate of drug-likeness (QED) is 0.344. The molecule has 0 fully saturated rings. The third-order valence-electron chi connectivity index (χ3n) is 7.81. The van der Waals surface area contributed by atoms with Crippen molar-refractivity contribution in [1.29, 1.82) is 0 Å². The van der Waals surface area contributed by atoms with Crippen LogP contribution in [0.25, 0.3) is 5.00 Å². The standard InChI is InChI=1S/C30H32N4OS/c1-4-32-17-15-23-24-18-34(30(35)31-25-13-8-10-20(2)21(25)3)28(22-11-6-5-7-12-22)26-14-9-16-33(26)29(24)36-27(23)19-32/h5-14,16,28H,4,15,17-19H2,1-3H3,(H,31,35). The Balaban J connectivity index is 1.48. The molecule has 6 rings (SSSR count). The second-order valence-corrected chi connectivity index (χ2v) is 10.9. The highest BCUT2D eigenvalue weighted by Crippen LogP contribution is 2.43. The van der Waals surface area contributed by atoms with Crippen LogP contribution in [0.2, 0.25) is 0 Å². The first-order valence-corrected chi connectivity index (χ1v) is 13.6. The number of hydrogen-bond donors (Lipinski definition) is 1. The Hall–Kier alpha value is -3.35. The summed E-state index contributed by atoms with van der Waals surface area (Å²) in [7, 11) is 0. The third kappa shape index (κ3) is 3.85.